The number of anilines is 1. The van der Waals surface area contributed by atoms with E-state index in [4.69, 9.17) is 14.2 Å². The zero-order valence-electron chi connectivity index (χ0n) is 25.4. The average Bonchev–Trinajstić information content (AvgIpc) is 3.62. The summed E-state index contributed by atoms with van der Waals surface area (Å²) in [5, 5.41) is 14.1. The Morgan fingerprint density at radius 1 is 1.09 bits per heavy atom. The molecule has 0 radical (unpaired) electrons. The molecule has 230 valence electrons. The summed E-state index contributed by atoms with van der Waals surface area (Å²) in [6.07, 6.45) is -0.408. The van der Waals surface area contributed by atoms with Gasteiger partial charge in [0.25, 0.3) is 5.91 Å². The number of urea groups is 1. The van der Waals surface area contributed by atoms with Crippen molar-refractivity contribution in [1.29, 1.82) is 0 Å². The zero-order chi connectivity index (χ0) is 31.0. The van der Waals surface area contributed by atoms with Crippen LogP contribution in [0.5, 0.6) is 11.5 Å². The van der Waals surface area contributed by atoms with Gasteiger partial charge in [0.05, 0.1) is 25.4 Å². The van der Waals surface area contributed by atoms with Crippen molar-refractivity contribution in [2.24, 2.45) is 13.0 Å². The second-order valence-corrected chi connectivity index (χ2v) is 11.7. The van der Waals surface area contributed by atoms with Crippen molar-refractivity contribution >= 4 is 28.5 Å². The van der Waals surface area contributed by atoms with Crippen LogP contribution in [-0.2, 0) is 18.4 Å². The number of amides is 3. The molecule has 3 atom stereocenters. The highest BCUT2D eigenvalue weighted by Gasteiger charge is 2.34. The van der Waals surface area contributed by atoms with Crippen molar-refractivity contribution in [2.75, 3.05) is 38.9 Å². The Balaban J connectivity index is 1.33. The highest BCUT2D eigenvalue weighted by atomic mass is 16.7. The molecular weight excluding hydrogens is 560 g/mol. The number of aryl methyl sites for hydroxylation is 1. The van der Waals surface area contributed by atoms with Gasteiger partial charge in [0.15, 0.2) is 11.5 Å². The molecule has 0 spiro atoms. The normalized spacial score (nSPS) is 18.8. The molecule has 2 aliphatic heterocycles. The quantitative estimate of drug-likeness (QED) is 0.332. The number of para-hydroxylation sites is 1. The predicted octanol–water partition coefficient (Wildman–Crippen LogP) is 5.10. The number of aliphatic hydroxyl groups excluding tert-OH is 1. The maximum absolute atomic E-state index is 14.5. The molecule has 4 aromatic rings. The van der Waals surface area contributed by atoms with Crippen LogP contribution in [0.1, 0.15) is 29.9 Å². The van der Waals surface area contributed by atoms with Crippen molar-refractivity contribution in [3.63, 3.8) is 0 Å². The van der Waals surface area contributed by atoms with E-state index in [1.165, 1.54) is 0 Å². The van der Waals surface area contributed by atoms with Crippen molar-refractivity contribution in [3.05, 3.63) is 78.0 Å². The molecule has 1 aromatic heterocycles. The second-order valence-electron chi connectivity index (χ2n) is 11.7. The van der Waals surface area contributed by atoms with E-state index >= 15 is 0 Å². The van der Waals surface area contributed by atoms with E-state index in [9.17, 15) is 14.7 Å². The third kappa shape index (κ3) is 5.46. The molecule has 10 heteroatoms. The summed E-state index contributed by atoms with van der Waals surface area (Å²) in [7, 11) is 3.64. The minimum Gasteiger partial charge on any atom is -0.454 e. The molecule has 2 aliphatic rings. The van der Waals surface area contributed by atoms with Crippen molar-refractivity contribution in [2.45, 2.75) is 32.6 Å². The molecule has 3 heterocycles. The first kappa shape index (κ1) is 29.5. The van der Waals surface area contributed by atoms with Crippen LogP contribution in [0.4, 0.5) is 10.5 Å². The van der Waals surface area contributed by atoms with Crippen LogP contribution in [0, 0.1) is 5.92 Å². The molecule has 3 aromatic carbocycles. The molecule has 0 unspecified atom stereocenters. The number of aromatic nitrogens is 1. The van der Waals surface area contributed by atoms with Crippen LogP contribution < -0.4 is 14.8 Å². The summed E-state index contributed by atoms with van der Waals surface area (Å²) in [6, 6.07) is 20.5. The van der Waals surface area contributed by atoms with E-state index in [0.29, 0.717) is 36.0 Å². The fraction of sp³-hybridized carbons (Fsp3) is 0.353. The summed E-state index contributed by atoms with van der Waals surface area (Å²) in [5.74, 6) is 0.900. The van der Waals surface area contributed by atoms with Gasteiger partial charge < -0.3 is 39.0 Å². The van der Waals surface area contributed by atoms with E-state index in [1.54, 1.807) is 35.0 Å². The minimum atomic E-state index is -0.431. The van der Waals surface area contributed by atoms with Crippen molar-refractivity contribution in [3.8, 4) is 22.6 Å². The highest BCUT2D eigenvalue weighted by Crippen LogP contribution is 2.38. The molecular formula is C34H38N4O6. The third-order valence-corrected chi connectivity index (χ3v) is 8.65. The van der Waals surface area contributed by atoms with Crippen LogP contribution in [-0.4, -0.2) is 77.1 Å². The number of carbonyl (C=O) groups excluding carboxylic acids is 2. The highest BCUT2D eigenvalue weighted by molar-refractivity contribution is 6.10. The van der Waals surface area contributed by atoms with Crippen LogP contribution in [0.15, 0.2) is 66.7 Å². The Morgan fingerprint density at radius 2 is 1.84 bits per heavy atom. The van der Waals surface area contributed by atoms with Crippen LogP contribution >= 0.6 is 0 Å². The first-order valence-corrected chi connectivity index (χ1v) is 14.9. The summed E-state index contributed by atoms with van der Waals surface area (Å²) < 4.78 is 19.4. The number of fused-ring (bicyclic) bond motifs is 6. The minimum absolute atomic E-state index is 0.155. The molecule has 3 amide bonds. The summed E-state index contributed by atoms with van der Waals surface area (Å²) in [5.41, 5.74) is 4.85. The number of nitrogens with one attached hydrogen (secondary N) is 1. The fourth-order valence-electron chi connectivity index (χ4n) is 6.07. The van der Waals surface area contributed by atoms with Gasteiger partial charge >= 0.3 is 6.03 Å². The van der Waals surface area contributed by atoms with Crippen molar-refractivity contribution in [1.82, 2.24) is 14.4 Å². The van der Waals surface area contributed by atoms with Gasteiger partial charge in [-0.3, -0.25) is 4.79 Å². The molecule has 0 aliphatic carbocycles. The Kier molecular flexibility index (Phi) is 8.20. The van der Waals surface area contributed by atoms with Gasteiger partial charge in [-0.25, -0.2) is 4.79 Å². The number of hydrogen-bond donors (Lipinski definition) is 2. The maximum atomic E-state index is 14.5. The van der Waals surface area contributed by atoms with Crippen LogP contribution in [0.25, 0.3) is 22.0 Å². The number of hydrogen-bond acceptors (Lipinski definition) is 6. The summed E-state index contributed by atoms with van der Waals surface area (Å²) in [6.45, 7) is 4.76. The van der Waals surface area contributed by atoms with E-state index in [0.717, 1.165) is 27.6 Å². The van der Waals surface area contributed by atoms with E-state index in [1.807, 2.05) is 74.0 Å². The molecule has 0 bridgehead atoms. The maximum Gasteiger partial charge on any atom is 0.321 e. The van der Waals surface area contributed by atoms with Crippen LogP contribution in [0.3, 0.4) is 0 Å². The predicted molar refractivity (Wildman–Crippen MR) is 168 cm³/mol. The van der Waals surface area contributed by atoms with Gasteiger partial charge in [0.2, 0.25) is 6.79 Å². The lowest BCUT2D eigenvalue weighted by Crippen LogP contribution is -2.48. The largest absolute Gasteiger partial charge is 0.454 e. The number of benzene rings is 3. The lowest BCUT2D eigenvalue weighted by atomic mass is 9.96. The number of carbonyl (C=O) groups is 2. The monoisotopic (exact) mass is 598 g/mol. The van der Waals surface area contributed by atoms with E-state index in [-0.39, 0.29) is 37.8 Å². The third-order valence-electron chi connectivity index (χ3n) is 8.65. The molecule has 0 saturated carbocycles. The van der Waals surface area contributed by atoms with E-state index < -0.39 is 12.1 Å². The van der Waals surface area contributed by atoms with Gasteiger partial charge in [0.1, 0.15) is 5.69 Å². The molecule has 0 saturated heterocycles. The molecule has 44 heavy (non-hydrogen) atoms. The number of aliphatic hydroxyl groups is 1. The van der Waals surface area contributed by atoms with E-state index in [2.05, 4.69) is 5.32 Å². The van der Waals surface area contributed by atoms with Gasteiger partial charge in [0, 0.05) is 61.3 Å². The molecule has 6 rings (SSSR count). The smallest absolute Gasteiger partial charge is 0.321 e. The standard InChI is InChI=1S/C34H38N4O6/c1-21-16-38(22(2)18-39)33(40)32-31(26-11-7-8-12-27(26)37(32)4)25-10-6-5-9-23(25)19-42-30(21)17-36(3)34(41)35-24-13-14-28-29(15-24)44-20-43-28/h5-15,21-22,30,39H,16-20H2,1-4H3,(H,35,41)/t21-,22-,30-/m0/s1. The molecule has 0 fully saturated rings. The average molecular weight is 599 g/mol. The second kappa shape index (κ2) is 12.2. The number of likely N-dealkylation sites (N-methyl/N-ethyl adjacent to an activating group) is 1. The van der Waals surface area contributed by atoms with Crippen molar-refractivity contribution < 1.29 is 28.9 Å². The molecule has 10 nitrogen and oxygen atoms in total. The number of ether oxygens (including phenoxy) is 3. The summed E-state index contributed by atoms with van der Waals surface area (Å²) >= 11 is 0. The lowest BCUT2D eigenvalue weighted by Gasteiger charge is -2.35. The SMILES string of the molecule is C[C@H]1CN([C@@H](C)CO)C(=O)c2c(c3ccccc3n2C)-c2ccccc2CO[C@H]1CN(C)C(=O)Nc1ccc2c(c1)OCO2. The van der Waals surface area contributed by atoms with Gasteiger partial charge in [-0.15, -0.1) is 0 Å². The first-order chi connectivity index (χ1) is 21.3. The Labute approximate surface area is 256 Å². The lowest BCUT2D eigenvalue weighted by molar-refractivity contribution is -0.0179. The van der Waals surface area contributed by atoms with Gasteiger partial charge in [-0.2, -0.15) is 0 Å². The van der Waals surface area contributed by atoms with Gasteiger partial charge in [-0.1, -0.05) is 49.4 Å². The molecule has 2 N–H and O–H groups in total. The topological polar surface area (TPSA) is 106 Å². The Bertz CT molecular complexity index is 1700. The zero-order valence-corrected chi connectivity index (χ0v) is 25.4. The fourth-order valence-corrected chi connectivity index (χ4v) is 6.07. The number of rotatable bonds is 5. The number of nitrogens with zero attached hydrogens (tertiary/aromatic N) is 3. The first-order valence-electron chi connectivity index (χ1n) is 14.9. The van der Waals surface area contributed by atoms with Crippen LogP contribution in [0.2, 0.25) is 0 Å². The Morgan fingerprint density at radius 3 is 2.66 bits per heavy atom. The van der Waals surface area contributed by atoms with Gasteiger partial charge in [-0.05, 0) is 36.2 Å². The summed E-state index contributed by atoms with van der Waals surface area (Å²) in [4.78, 5) is 31.1. The Hall–Kier alpha value is -4.54.